The average molecular weight is 495 g/mol. The van der Waals surface area contributed by atoms with Crippen molar-refractivity contribution in [3.05, 3.63) is 45.3 Å². The molecule has 3 aromatic heterocycles. The summed E-state index contributed by atoms with van der Waals surface area (Å²) in [6.45, 7) is 2.02. The summed E-state index contributed by atoms with van der Waals surface area (Å²) in [5.74, 6) is -0.395. The van der Waals surface area contributed by atoms with Crippen molar-refractivity contribution in [2.24, 2.45) is 0 Å². The van der Waals surface area contributed by atoms with Crippen molar-refractivity contribution in [2.45, 2.75) is 13.3 Å². The van der Waals surface area contributed by atoms with Gasteiger partial charge in [0.15, 0.2) is 0 Å². The fourth-order valence-electron chi connectivity index (χ4n) is 1.95. The number of amides is 1. The lowest BCUT2D eigenvalue weighted by molar-refractivity contribution is 0.101. The third kappa shape index (κ3) is 3.22. The molecule has 0 aliphatic rings. The summed E-state index contributed by atoms with van der Waals surface area (Å²) in [6, 6.07) is 3.51. The topological polar surface area (TPSA) is 66.9 Å². The number of carbonyl (C=O) groups is 1. The van der Waals surface area contributed by atoms with Gasteiger partial charge in [-0.25, -0.2) is 0 Å². The predicted octanol–water partition coefficient (Wildman–Crippen LogP) is 4.65. The first kappa shape index (κ1) is 17.0. The minimum atomic E-state index is -0.395. The molecule has 120 valence electrons. The lowest BCUT2D eigenvalue weighted by atomic mass is 10.3. The number of halogens is 2. The maximum Gasteiger partial charge on any atom is 0.282 e. The summed E-state index contributed by atoms with van der Waals surface area (Å²) >= 11 is 14.6. The summed E-state index contributed by atoms with van der Waals surface area (Å²) in [4.78, 5) is 30.2. The maximum atomic E-state index is 12.6. The lowest BCUT2D eigenvalue weighted by Gasteiger charge is -2.07. The SMILES string of the molecule is CCc1cc2c(=O)n(NC(=O)c3cc(Br)c(Br)s3)c(=S)[nH]c2s1. The molecule has 5 nitrogen and oxygen atoms in total. The van der Waals surface area contributed by atoms with E-state index in [4.69, 9.17) is 12.2 Å². The van der Waals surface area contributed by atoms with E-state index in [9.17, 15) is 9.59 Å². The number of nitrogens with zero attached hydrogens (tertiary/aromatic N) is 1. The molecule has 0 atom stereocenters. The fourth-order valence-corrected chi connectivity index (χ4v) is 5.16. The van der Waals surface area contributed by atoms with Crippen LogP contribution in [-0.2, 0) is 6.42 Å². The van der Waals surface area contributed by atoms with Crippen LogP contribution >= 0.6 is 66.8 Å². The van der Waals surface area contributed by atoms with Gasteiger partial charge in [-0.3, -0.25) is 15.0 Å². The summed E-state index contributed by atoms with van der Waals surface area (Å²) in [5, 5.41) is 0.522. The molecular formula is C13H9Br2N3O2S3. The molecule has 1 amide bonds. The van der Waals surface area contributed by atoms with E-state index in [1.54, 1.807) is 6.07 Å². The van der Waals surface area contributed by atoms with Crippen molar-refractivity contribution in [2.75, 3.05) is 5.43 Å². The Labute approximate surface area is 160 Å². The smallest absolute Gasteiger partial charge is 0.282 e. The Hall–Kier alpha value is -0.810. The normalized spacial score (nSPS) is 11.1. The first-order chi connectivity index (χ1) is 10.9. The van der Waals surface area contributed by atoms with Gasteiger partial charge in [0, 0.05) is 9.35 Å². The van der Waals surface area contributed by atoms with E-state index in [0.29, 0.717) is 10.3 Å². The van der Waals surface area contributed by atoms with Gasteiger partial charge in [-0.15, -0.1) is 22.7 Å². The van der Waals surface area contributed by atoms with Crippen molar-refractivity contribution >= 4 is 82.9 Å². The van der Waals surface area contributed by atoms with Crippen molar-refractivity contribution in [1.29, 1.82) is 0 Å². The molecule has 0 aliphatic carbocycles. The molecule has 2 N–H and O–H groups in total. The second-order valence-corrected chi connectivity index (χ2v) is 9.30. The van der Waals surface area contributed by atoms with Crippen LogP contribution in [0.15, 0.2) is 25.2 Å². The summed E-state index contributed by atoms with van der Waals surface area (Å²) < 4.78 is 2.83. The van der Waals surface area contributed by atoms with E-state index in [-0.39, 0.29) is 10.3 Å². The number of aromatic nitrogens is 2. The first-order valence-corrected chi connectivity index (χ1v) is 10.1. The van der Waals surface area contributed by atoms with Gasteiger partial charge in [0.05, 0.1) is 14.0 Å². The van der Waals surface area contributed by atoms with Crippen molar-refractivity contribution in [1.82, 2.24) is 9.66 Å². The molecule has 0 aromatic carbocycles. The van der Waals surface area contributed by atoms with E-state index in [1.165, 1.54) is 22.7 Å². The van der Waals surface area contributed by atoms with Crippen LogP contribution in [0.2, 0.25) is 0 Å². The Morgan fingerprint density at radius 1 is 1.39 bits per heavy atom. The first-order valence-electron chi connectivity index (χ1n) is 6.44. The molecule has 0 unspecified atom stereocenters. The molecule has 0 spiro atoms. The third-order valence-corrected chi connectivity index (χ3v) is 7.81. The molecule has 0 aliphatic heterocycles. The Balaban J connectivity index is 2.04. The second kappa shape index (κ2) is 6.60. The molecule has 0 saturated heterocycles. The number of carbonyl (C=O) groups excluding carboxylic acids is 1. The van der Waals surface area contributed by atoms with E-state index in [2.05, 4.69) is 42.3 Å². The zero-order valence-electron chi connectivity index (χ0n) is 11.6. The number of aromatic amines is 1. The van der Waals surface area contributed by atoms with Gasteiger partial charge in [0.25, 0.3) is 11.5 Å². The lowest BCUT2D eigenvalue weighted by Crippen LogP contribution is -2.33. The number of nitrogens with one attached hydrogen (secondary N) is 2. The molecule has 3 rings (SSSR count). The number of H-pyrrole nitrogens is 1. The Bertz CT molecular complexity index is 1010. The van der Waals surface area contributed by atoms with Gasteiger partial charge in [-0.1, -0.05) is 6.92 Å². The highest BCUT2D eigenvalue weighted by Crippen LogP contribution is 2.32. The van der Waals surface area contributed by atoms with Crippen LogP contribution in [0.3, 0.4) is 0 Å². The number of hydrogen-bond donors (Lipinski definition) is 2. The molecule has 0 radical (unpaired) electrons. The van der Waals surface area contributed by atoms with E-state index in [1.807, 2.05) is 13.0 Å². The third-order valence-electron chi connectivity index (χ3n) is 3.07. The largest absolute Gasteiger partial charge is 0.322 e. The van der Waals surface area contributed by atoms with Crippen LogP contribution < -0.4 is 11.0 Å². The van der Waals surface area contributed by atoms with Crippen molar-refractivity contribution < 1.29 is 4.79 Å². The predicted molar refractivity (Wildman–Crippen MR) is 104 cm³/mol. The second-order valence-electron chi connectivity index (χ2n) is 4.55. The van der Waals surface area contributed by atoms with Crippen LogP contribution in [0.4, 0.5) is 0 Å². The number of aryl methyl sites for hydroxylation is 1. The standard InChI is InChI=1S/C13H9Br2N3O2S3/c1-2-5-3-6-11(22-5)16-13(21)18(12(6)20)17-10(19)8-4-7(14)9(15)23-8/h3-4H,2H2,1H3,(H,16,21)(H,17,19). The monoisotopic (exact) mass is 493 g/mol. The highest BCUT2D eigenvalue weighted by Gasteiger charge is 2.15. The van der Waals surface area contributed by atoms with Crippen LogP contribution in [0, 0.1) is 4.77 Å². The van der Waals surface area contributed by atoms with Gasteiger partial charge in [-0.2, -0.15) is 4.68 Å². The van der Waals surface area contributed by atoms with E-state index >= 15 is 0 Å². The number of hydrogen-bond acceptors (Lipinski definition) is 5. The summed E-state index contributed by atoms with van der Waals surface area (Å²) in [7, 11) is 0. The molecule has 3 heterocycles. The summed E-state index contributed by atoms with van der Waals surface area (Å²) in [5.41, 5.74) is 2.23. The van der Waals surface area contributed by atoms with Crippen LogP contribution in [0.1, 0.15) is 21.5 Å². The van der Waals surface area contributed by atoms with Gasteiger partial charge in [0.2, 0.25) is 4.77 Å². The zero-order chi connectivity index (χ0) is 16.7. The number of thiophene rings is 2. The molecule has 0 bridgehead atoms. The molecule has 3 aromatic rings. The van der Waals surface area contributed by atoms with Crippen molar-refractivity contribution in [3.8, 4) is 0 Å². The highest BCUT2D eigenvalue weighted by molar-refractivity contribution is 9.13. The number of rotatable bonds is 3. The molecule has 23 heavy (non-hydrogen) atoms. The average Bonchev–Trinajstić information content (AvgIpc) is 3.07. The Morgan fingerprint density at radius 3 is 2.74 bits per heavy atom. The van der Waals surface area contributed by atoms with Crippen LogP contribution in [0.25, 0.3) is 10.2 Å². The van der Waals surface area contributed by atoms with Crippen LogP contribution in [-0.4, -0.2) is 15.6 Å². The van der Waals surface area contributed by atoms with Crippen LogP contribution in [0.5, 0.6) is 0 Å². The maximum absolute atomic E-state index is 12.6. The van der Waals surface area contributed by atoms with Gasteiger partial charge >= 0.3 is 0 Å². The quantitative estimate of drug-likeness (QED) is 0.520. The Morgan fingerprint density at radius 2 is 2.13 bits per heavy atom. The number of fused-ring (bicyclic) bond motifs is 1. The minimum absolute atomic E-state index is 0.162. The minimum Gasteiger partial charge on any atom is -0.322 e. The van der Waals surface area contributed by atoms with Gasteiger partial charge < -0.3 is 4.98 Å². The van der Waals surface area contributed by atoms with E-state index < -0.39 is 5.91 Å². The van der Waals surface area contributed by atoms with E-state index in [0.717, 1.165) is 29.1 Å². The summed E-state index contributed by atoms with van der Waals surface area (Å²) in [6.07, 6.45) is 0.836. The molecule has 0 saturated carbocycles. The highest BCUT2D eigenvalue weighted by atomic mass is 79.9. The van der Waals surface area contributed by atoms with Crippen molar-refractivity contribution in [3.63, 3.8) is 0 Å². The van der Waals surface area contributed by atoms with Gasteiger partial charge in [0.1, 0.15) is 4.83 Å². The fraction of sp³-hybridized carbons (Fsp3) is 0.154. The van der Waals surface area contributed by atoms with Gasteiger partial charge in [-0.05, 0) is 62.6 Å². The zero-order valence-corrected chi connectivity index (χ0v) is 17.2. The Kier molecular flexibility index (Phi) is 4.88. The molecule has 0 fully saturated rings. The molecular weight excluding hydrogens is 486 g/mol. The molecule has 10 heteroatoms.